The van der Waals surface area contributed by atoms with E-state index in [9.17, 15) is 0 Å². The highest BCUT2D eigenvalue weighted by Gasteiger charge is 2.12. The molecule has 0 saturated carbocycles. The Labute approximate surface area is 121 Å². The first-order valence-electron chi connectivity index (χ1n) is 5.98. The Kier molecular flexibility index (Phi) is 4.66. The molecule has 0 aliphatic carbocycles. The van der Waals surface area contributed by atoms with Crippen molar-refractivity contribution in [1.29, 1.82) is 0 Å². The second kappa shape index (κ2) is 6.25. The lowest BCUT2D eigenvalue weighted by molar-refractivity contribution is 0.431. The highest BCUT2D eigenvalue weighted by molar-refractivity contribution is 7.99. The molecule has 2 aromatic heterocycles. The summed E-state index contributed by atoms with van der Waals surface area (Å²) < 4.78 is 5.51. The second-order valence-electron chi connectivity index (χ2n) is 4.00. The minimum absolute atomic E-state index is 0.487. The fourth-order valence-electron chi connectivity index (χ4n) is 1.31. The van der Waals surface area contributed by atoms with Crippen LogP contribution in [0.5, 0.6) is 0 Å². The van der Waals surface area contributed by atoms with Crippen LogP contribution in [-0.2, 0) is 0 Å². The number of hydrogen-bond acceptors (Lipinski definition) is 6. The van der Waals surface area contributed by atoms with Gasteiger partial charge in [-0.05, 0) is 32.0 Å². The number of oxazole rings is 1. The summed E-state index contributed by atoms with van der Waals surface area (Å²) in [7, 11) is 0. The van der Waals surface area contributed by atoms with Crippen molar-refractivity contribution in [2.24, 2.45) is 0 Å². The number of aryl methyl sites for hydroxylation is 2. The van der Waals surface area contributed by atoms with Gasteiger partial charge in [-0.3, -0.25) is 0 Å². The molecule has 0 bridgehead atoms. The summed E-state index contributed by atoms with van der Waals surface area (Å²) >= 11 is 7.38. The van der Waals surface area contributed by atoms with Gasteiger partial charge in [-0.1, -0.05) is 18.5 Å². The summed E-state index contributed by atoms with van der Waals surface area (Å²) in [5.41, 5.74) is 0.872. The number of aromatic nitrogens is 3. The normalized spacial score (nSPS) is 10.7. The molecular formula is C12H15ClN4OS. The Morgan fingerprint density at radius 3 is 2.79 bits per heavy atom. The van der Waals surface area contributed by atoms with Crippen LogP contribution in [0.3, 0.4) is 0 Å². The van der Waals surface area contributed by atoms with Crippen LogP contribution >= 0.6 is 23.4 Å². The maximum atomic E-state index is 6.08. The molecule has 2 rings (SSSR count). The van der Waals surface area contributed by atoms with Gasteiger partial charge in [-0.2, -0.15) is 0 Å². The van der Waals surface area contributed by atoms with Crippen molar-refractivity contribution in [1.82, 2.24) is 15.0 Å². The topological polar surface area (TPSA) is 63.8 Å². The maximum absolute atomic E-state index is 6.08. The molecule has 2 heterocycles. The van der Waals surface area contributed by atoms with Crippen LogP contribution < -0.4 is 5.32 Å². The van der Waals surface area contributed by atoms with E-state index in [4.69, 9.17) is 16.0 Å². The van der Waals surface area contributed by atoms with Gasteiger partial charge in [-0.25, -0.2) is 15.0 Å². The number of halogens is 1. The maximum Gasteiger partial charge on any atom is 0.262 e. The van der Waals surface area contributed by atoms with Gasteiger partial charge in [0.2, 0.25) is 5.95 Å². The van der Waals surface area contributed by atoms with Gasteiger partial charge in [0.05, 0.1) is 16.9 Å². The van der Waals surface area contributed by atoms with E-state index in [1.807, 2.05) is 13.8 Å². The fourth-order valence-corrected chi connectivity index (χ4v) is 2.32. The predicted octanol–water partition coefficient (Wildman–Crippen LogP) is 3.71. The number of nitrogens with zero attached hydrogens (tertiary/aromatic N) is 3. The Bertz CT molecular complexity index is 553. The molecular weight excluding hydrogens is 284 g/mol. The molecule has 0 atom stereocenters. The smallest absolute Gasteiger partial charge is 0.262 e. The van der Waals surface area contributed by atoms with Crippen LogP contribution in [0, 0.1) is 13.8 Å². The lowest BCUT2D eigenvalue weighted by Crippen LogP contribution is -2.04. The number of nitrogens with one attached hydrogen (secondary N) is 1. The van der Waals surface area contributed by atoms with Gasteiger partial charge >= 0.3 is 0 Å². The lowest BCUT2D eigenvalue weighted by atomic mass is 10.4. The van der Waals surface area contributed by atoms with Crippen LogP contribution in [0.4, 0.5) is 5.95 Å². The van der Waals surface area contributed by atoms with Crippen molar-refractivity contribution < 1.29 is 4.42 Å². The largest absolute Gasteiger partial charge is 0.436 e. The molecule has 2 aromatic rings. The second-order valence-corrected chi connectivity index (χ2v) is 5.34. The predicted molar refractivity (Wildman–Crippen MR) is 75.9 cm³/mol. The van der Waals surface area contributed by atoms with Gasteiger partial charge < -0.3 is 9.73 Å². The van der Waals surface area contributed by atoms with Gasteiger partial charge in [0, 0.05) is 6.54 Å². The third-order valence-corrected chi connectivity index (χ3v) is 3.68. The Morgan fingerprint density at radius 2 is 2.16 bits per heavy atom. The first-order chi connectivity index (χ1) is 9.10. The molecule has 7 heteroatoms. The van der Waals surface area contributed by atoms with Crippen molar-refractivity contribution >= 4 is 29.3 Å². The molecule has 0 saturated heterocycles. The molecule has 0 unspecified atom stereocenters. The first-order valence-corrected chi connectivity index (χ1v) is 7.18. The average molecular weight is 299 g/mol. The molecule has 0 amide bonds. The van der Waals surface area contributed by atoms with E-state index < -0.39 is 0 Å². The molecule has 0 aliphatic heterocycles. The van der Waals surface area contributed by atoms with E-state index in [-0.39, 0.29) is 0 Å². The summed E-state index contributed by atoms with van der Waals surface area (Å²) in [6.45, 7) is 6.68. The molecule has 0 fully saturated rings. The zero-order chi connectivity index (χ0) is 13.8. The highest BCUT2D eigenvalue weighted by atomic mass is 35.5. The van der Waals surface area contributed by atoms with Crippen LogP contribution in [0.1, 0.15) is 24.8 Å². The van der Waals surface area contributed by atoms with Crippen LogP contribution in [0.25, 0.3) is 0 Å². The van der Waals surface area contributed by atoms with Gasteiger partial charge in [0.25, 0.3) is 5.22 Å². The SMILES string of the molecule is CCCNc1ncc(Cl)c(Sc2nc(C)c(C)o2)n1. The zero-order valence-electron chi connectivity index (χ0n) is 11.0. The first kappa shape index (κ1) is 14.1. The van der Waals surface area contributed by atoms with Crippen LogP contribution in [-0.4, -0.2) is 21.5 Å². The number of anilines is 1. The standard InChI is InChI=1S/C12H15ClN4OS/c1-4-5-14-11-15-6-9(13)10(17-11)19-12-16-7(2)8(3)18-12/h6H,4-5H2,1-3H3,(H,14,15,17). The zero-order valence-corrected chi connectivity index (χ0v) is 12.6. The molecule has 1 N–H and O–H groups in total. The quantitative estimate of drug-likeness (QED) is 0.849. The van der Waals surface area contributed by atoms with Crippen molar-refractivity contribution in [3.8, 4) is 0 Å². The Balaban J connectivity index is 2.18. The van der Waals surface area contributed by atoms with Crippen molar-refractivity contribution in [3.63, 3.8) is 0 Å². The van der Waals surface area contributed by atoms with E-state index in [0.717, 1.165) is 24.4 Å². The van der Waals surface area contributed by atoms with Crippen LogP contribution in [0.2, 0.25) is 5.02 Å². The Hall–Kier alpha value is -1.27. The third-order valence-electron chi connectivity index (χ3n) is 2.44. The van der Waals surface area contributed by atoms with Crippen molar-refractivity contribution in [2.75, 3.05) is 11.9 Å². The van der Waals surface area contributed by atoms with Gasteiger partial charge in [0.15, 0.2) is 0 Å². The summed E-state index contributed by atoms with van der Waals surface area (Å²) in [6, 6.07) is 0. The third kappa shape index (κ3) is 3.61. The summed E-state index contributed by atoms with van der Waals surface area (Å²) in [5, 5.41) is 4.78. The molecule has 19 heavy (non-hydrogen) atoms. The number of rotatable bonds is 5. The molecule has 102 valence electrons. The Morgan fingerprint density at radius 1 is 1.37 bits per heavy atom. The highest BCUT2D eigenvalue weighted by Crippen LogP contribution is 2.32. The summed E-state index contributed by atoms with van der Waals surface area (Å²) in [6.07, 6.45) is 2.59. The van der Waals surface area contributed by atoms with Crippen molar-refractivity contribution in [3.05, 3.63) is 22.7 Å². The lowest BCUT2D eigenvalue weighted by Gasteiger charge is -2.05. The van der Waals surface area contributed by atoms with Crippen LogP contribution in [0.15, 0.2) is 20.9 Å². The monoisotopic (exact) mass is 298 g/mol. The van der Waals surface area contributed by atoms with E-state index in [1.165, 1.54) is 11.8 Å². The van der Waals surface area contributed by atoms with E-state index >= 15 is 0 Å². The fraction of sp³-hybridized carbons (Fsp3) is 0.417. The summed E-state index contributed by atoms with van der Waals surface area (Å²) in [4.78, 5) is 12.8. The van der Waals surface area contributed by atoms with Crippen molar-refractivity contribution in [2.45, 2.75) is 37.4 Å². The van der Waals surface area contributed by atoms with Gasteiger partial charge in [-0.15, -0.1) is 0 Å². The molecule has 0 spiro atoms. The minimum atomic E-state index is 0.487. The molecule has 5 nitrogen and oxygen atoms in total. The van der Waals surface area contributed by atoms with E-state index in [1.54, 1.807) is 6.20 Å². The molecule has 0 aliphatic rings. The summed E-state index contributed by atoms with van der Waals surface area (Å²) in [5.74, 6) is 1.37. The average Bonchev–Trinajstić information content (AvgIpc) is 2.69. The molecule has 0 aromatic carbocycles. The molecule has 0 radical (unpaired) electrons. The minimum Gasteiger partial charge on any atom is -0.436 e. The number of hydrogen-bond donors (Lipinski definition) is 1. The van der Waals surface area contributed by atoms with E-state index in [2.05, 4.69) is 27.2 Å². The van der Waals surface area contributed by atoms with E-state index in [0.29, 0.717) is 21.2 Å². The van der Waals surface area contributed by atoms with Gasteiger partial charge in [0.1, 0.15) is 10.8 Å².